The van der Waals surface area contributed by atoms with Crippen LogP contribution in [-0.2, 0) is 0 Å². The summed E-state index contributed by atoms with van der Waals surface area (Å²) in [5, 5.41) is 2.36. The van der Waals surface area contributed by atoms with Crippen molar-refractivity contribution in [1.29, 1.82) is 0 Å². The average Bonchev–Trinajstić information content (AvgIpc) is 3.09. The Labute approximate surface area is 154 Å². The standard InChI is InChI=1S/C22H26N4/c1-2-4-14-25(13-3-1)19-11-9-17-7-8-18-10-12-20(26-15-5-6-16-26)24-22(18)21(17)23-19/h7-12H,1-6,13-16H2. The Balaban J connectivity index is 1.62. The minimum absolute atomic E-state index is 1.04. The van der Waals surface area contributed by atoms with Gasteiger partial charge in [0.05, 0.1) is 11.0 Å². The Bertz CT molecular complexity index is 922. The lowest BCUT2D eigenvalue weighted by molar-refractivity contribution is 0.726. The molecule has 0 atom stereocenters. The second-order valence-corrected chi connectivity index (χ2v) is 7.64. The van der Waals surface area contributed by atoms with Crippen LogP contribution < -0.4 is 9.80 Å². The van der Waals surface area contributed by atoms with Crippen LogP contribution in [0.3, 0.4) is 0 Å². The van der Waals surface area contributed by atoms with Crippen molar-refractivity contribution in [2.75, 3.05) is 36.0 Å². The lowest BCUT2D eigenvalue weighted by atomic mass is 10.1. The number of hydrogen-bond donors (Lipinski definition) is 0. The van der Waals surface area contributed by atoms with Crippen molar-refractivity contribution in [3.63, 3.8) is 0 Å². The highest BCUT2D eigenvalue weighted by atomic mass is 15.2. The van der Waals surface area contributed by atoms with Crippen LogP contribution in [0.2, 0.25) is 0 Å². The van der Waals surface area contributed by atoms with E-state index in [4.69, 9.17) is 9.97 Å². The summed E-state index contributed by atoms with van der Waals surface area (Å²) in [6, 6.07) is 13.1. The molecule has 0 radical (unpaired) electrons. The summed E-state index contributed by atoms with van der Waals surface area (Å²) in [5.41, 5.74) is 2.09. The van der Waals surface area contributed by atoms with Crippen LogP contribution in [-0.4, -0.2) is 36.1 Å². The molecule has 0 unspecified atom stereocenters. The molecule has 3 aromatic rings. The molecule has 5 rings (SSSR count). The van der Waals surface area contributed by atoms with E-state index in [1.165, 1.54) is 49.3 Å². The summed E-state index contributed by atoms with van der Waals surface area (Å²) in [7, 11) is 0. The van der Waals surface area contributed by atoms with E-state index in [1.54, 1.807) is 0 Å². The Morgan fingerprint density at radius 3 is 1.35 bits per heavy atom. The number of aromatic nitrogens is 2. The van der Waals surface area contributed by atoms with Gasteiger partial charge in [0.25, 0.3) is 0 Å². The molecule has 26 heavy (non-hydrogen) atoms. The Hall–Kier alpha value is -2.36. The largest absolute Gasteiger partial charge is 0.357 e. The molecule has 0 amide bonds. The predicted octanol–water partition coefficient (Wildman–Crippen LogP) is 4.76. The summed E-state index contributed by atoms with van der Waals surface area (Å²) in [5.74, 6) is 2.21. The molecule has 0 spiro atoms. The van der Waals surface area contributed by atoms with E-state index in [1.807, 2.05) is 0 Å². The molecule has 2 saturated heterocycles. The van der Waals surface area contributed by atoms with Crippen molar-refractivity contribution in [3.8, 4) is 0 Å². The van der Waals surface area contributed by atoms with Crippen LogP contribution in [0.1, 0.15) is 38.5 Å². The van der Waals surface area contributed by atoms with Crippen LogP contribution >= 0.6 is 0 Å². The first kappa shape index (κ1) is 15.9. The van der Waals surface area contributed by atoms with E-state index in [0.29, 0.717) is 0 Å². The lowest BCUT2D eigenvalue weighted by Gasteiger charge is -2.22. The fraction of sp³-hybridized carbons (Fsp3) is 0.455. The molecule has 2 aliphatic heterocycles. The highest BCUT2D eigenvalue weighted by Crippen LogP contribution is 2.28. The van der Waals surface area contributed by atoms with Crippen molar-refractivity contribution in [2.24, 2.45) is 0 Å². The molecule has 0 N–H and O–H groups in total. The first-order chi connectivity index (χ1) is 12.9. The molecule has 0 bridgehead atoms. The van der Waals surface area contributed by atoms with Crippen molar-refractivity contribution < 1.29 is 0 Å². The van der Waals surface area contributed by atoms with E-state index < -0.39 is 0 Å². The summed E-state index contributed by atoms with van der Waals surface area (Å²) in [4.78, 5) is 15.0. The first-order valence-electron chi connectivity index (χ1n) is 10.1. The summed E-state index contributed by atoms with van der Waals surface area (Å²) < 4.78 is 0. The van der Waals surface area contributed by atoms with Crippen molar-refractivity contribution in [1.82, 2.24) is 9.97 Å². The topological polar surface area (TPSA) is 32.3 Å². The van der Waals surface area contributed by atoms with Gasteiger partial charge < -0.3 is 9.80 Å². The van der Waals surface area contributed by atoms with E-state index in [2.05, 4.69) is 46.2 Å². The quantitative estimate of drug-likeness (QED) is 0.626. The maximum Gasteiger partial charge on any atom is 0.129 e. The van der Waals surface area contributed by atoms with Crippen LogP contribution in [0.25, 0.3) is 21.8 Å². The highest BCUT2D eigenvalue weighted by molar-refractivity contribution is 6.03. The van der Waals surface area contributed by atoms with Crippen LogP contribution in [0.4, 0.5) is 11.6 Å². The molecule has 2 fully saturated rings. The summed E-state index contributed by atoms with van der Waals surface area (Å²) in [6.07, 6.45) is 7.76. The van der Waals surface area contributed by atoms with Gasteiger partial charge in [-0.15, -0.1) is 0 Å². The zero-order chi connectivity index (χ0) is 17.3. The highest BCUT2D eigenvalue weighted by Gasteiger charge is 2.16. The van der Waals surface area contributed by atoms with Gasteiger partial charge in [0.1, 0.15) is 11.6 Å². The minimum Gasteiger partial charge on any atom is -0.357 e. The molecule has 0 aliphatic carbocycles. The van der Waals surface area contributed by atoms with E-state index >= 15 is 0 Å². The monoisotopic (exact) mass is 346 g/mol. The molecular weight excluding hydrogens is 320 g/mol. The third kappa shape index (κ3) is 2.87. The van der Waals surface area contributed by atoms with Gasteiger partial charge in [0, 0.05) is 37.0 Å². The Morgan fingerprint density at radius 1 is 0.500 bits per heavy atom. The van der Waals surface area contributed by atoms with Gasteiger partial charge in [-0.1, -0.05) is 25.0 Å². The second kappa shape index (κ2) is 6.75. The van der Waals surface area contributed by atoms with E-state index in [-0.39, 0.29) is 0 Å². The van der Waals surface area contributed by atoms with Gasteiger partial charge in [0.15, 0.2) is 0 Å². The lowest BCUT2D eigenvalue weighted by Crippen LogP contribution is -2.24. The van der Waals surface area contributed by atoms with Crippen molar-refractivity contribution in [2.45, 2.75) is 38.5 Å². The number of pyridine rings is 2. The maximum atomic E-state index is 5.08. The van der Waals surface area contributed by atoms with Gasteiger partial charge in [-0.3, -0.25) is 0 Å². The average molecular weight is 346 g/mol. The SMILES string of the molecule is c1cc2ccc3ccc(N4CCCC4)nc3c2nc1N1CCCCCC1. The molecule has 4 nitrogen and oxygen atoms in total. The fourth-order valence-electron chi connectivity index (χ4n) is 4.35. The van der Waals surface area contributed by atoms with E-state index in [0.717, 1.165) is 48.8 Å². The zero-order valence-electron chi connectivity index (χ0n) is 15.3. The van der Waals surface area contributed by atoms with Crippen molar-refractivity contribution in [3.05, 3.63) is 36.4 Å². The number of benzene rings is 1. The maximum absolute atomic E-state index is 5.08. The number of nitrogens with zero attached hydrogens (tertiary/aromatic N) is 4. The molecule has 2 aromatic heterocycles. The van der Waals surface area contributed by atoms with Crippen molar-refractivity contribution >= 4 is 33.4 Å². The summed E-state index contributed by atoms with van der Waals surface area (Å²) >= 11 is 0. The second-order valence-electron chi connectivity index (χ2n) is 7.64. The first-order valence-corrected chi connectivity index (χ1v) is 10.1. The minimum atomic E-state index is 1.04. The van der Waals surface area contributed by atoms with Crippen LogP contribution in [0, 0.1) is 0 Å². The molecular formula is C22H26N4. The third-order valence-corrected chi connectivity index (χ3v) is 5.85. The van der Waals surface area contributed by atoms with Crippen LogP contribution in [0.15, 0.2) is 36.4 Å². The van der Waals surface area contributed by atoms with E-state index in [9.17, 15) is 0 Å². The smallest absolute Gasteiger partial charge is 0.129 e. The molecule has 1 aromatic carbocycles. The predicted molar refractivity (Wildman–Crippen MR) is 109 cm³/mol. The third-order valence-electron chi connectivity index (χ3n) is 5.85. The van der Waals surface area contributed by atoms with Gasteiger partial charge in [0.2, 0.25) is 0 Å². The Morgan fingerprint density at radius 2 is 0.885 bits per heavy atom. The van der Waals surface area contributed by atoms with Gasteiger partial charge >= 0.3 is 0 Å². The molecule has 2 aliphatic rings. The Kier molecular flexibility index (Phi) is 4.12. The molecule has 4 heterocycles. The van der Waals surface area contributed by atoms with Gasteiger partial charge in [-0.2, -0.15) is 0 Å². The van der Waals surface area contributed by atoms with Gasteiger partial charge in [-0.25, -0.2) is 9.97 Å². The molecule has 134 valence electrons. The van der Waals surface area contributed by atoms with Gasteiger partial charge in [-0.05, 0) is 49.9 Å². The molecule has 4 heteroatoms. The normalized spacial score (nSPS) is 18.6. The number of fused-ring (bicyclic) bond motifs is 3. The number of anilines is 2. The summed E-state index contributed by atoms with van der Waals surface area (Å²) in [6.45, 7) is 4.48. The molecule has 0 saturated carbocycles. The number of rotatable bonds is 2. The number of hydrogen-bond acceptors (Lipinski definition) is 4. The van der Waals surface area contributed by atoms with Crippen LogP contribution in [0.5, 0.6) is 0 Å². The zero-order valence-corrected chi connectivity index (χ0v) is 15.3. The fourth-order valence-corrected chi connectivity index (χ4v) is 4.35.